The van der Waals surface area contributed by atoms with E-state index in [1.807, 2.05) is 0 Å². The SMILES string of the molecule is NC(=O)C1CCCN1C(=O)CCCCC(=O)O. The zero-order chi connectivity index (χ0) is 12.8. The number of amides is 2. The lowest BCUT2D eigenvalue weighted by Gasteiger charge is -2.22. The van der Waals surface area contributed by atoms with Crippen LogP contribution in [-0.2, 0) is 14.4 Å². The second-order valence-electron chi connectivity index (χ2n) is 4.25. The smallest absolute Gasteiger partial charge is 0.303 e. The van der Waals surface area contributed by atoms with Gasteiger partial charge >= 0.3 is 5.97 Å². The molecule has 0 aliphatic carbocycles. The predicted molar refractivity (Wildman–Crippen MR) is 60.0 cm³/mol. The molecule has 6 nitrogen and oxygen atoms in total. The van der Waals surface area contributed by atoms with Crippen molar-refractivity contribution < 1.29 is 19.5 Å². The number of hydrogen-bond acceptors (Lipinski definition) is 3. The summed E-state index contributed by atoms with van der Waals surface area (Å²) in [5, 5.41) is 8.45. The Balaban J connectivity index is 2.32. The van der Waals surface area contributed by atoms with Crippen LogP contribution in [-0.4, -0.2) is 40.4 Å². The Morgan fingerprint density at radius 3 is 2.47 bits per heavy atom. The van der Waals surface area contributed by atoms with Crippen LogP contribution in [0.25, 0.3) is 0 Å². The molecule has 0 aromatic rings. The number of likely N-dealkylation sites (tertiary alicyclic amines) is 1. The topological polar surface area (TPSA) is 101 Å². The molecule has 1 rings (SSSR count). The first-order valence-electron chi connectivity index (χ1n) is 5.83. The maximum absolute atomic E-state index is 11.8. The van der Waals surface area contributed by atoms with Crippen LogP contribution in [0.15, 0.2) is 0 Å². The van der Waals surface area contributed by atoms with Crippen molar-refractivity contribution >= 4 is 17.8 Å². The molecule has 0 spiro atoms. The number of carboxylic acid groups (broad SMARTS) is 1. The molecule has 96 valence electrons. The largest absolute Gasteiger partial charge is 0.481 e. The van der Waals surface area contributed by atoms with Crippen molar-refractivity contribution in [2.24, 2.45) is 5.73 Å². The number of hydrogen-bond donors (Lipinski definition) is 2. The molecule has 0 radical (unpaired) electrons. The number of carbonyl (C=O) groups excluding carboxylic acids is 2. The molecule has 17 heavy (non-hydrogen) atoms. The van der Waals surface area contributed by atoms with E-state index in [0.717, 1.165) is 6.42 Å². The lowest BCUT2D eigenvalue weighted by molar-refractivity contribution is -0.138. The van der Waals surface area contributed by atoms with Crippen molar-refractivity contribution in [3.63, 3.8) is 0 Å². The minimum Gasteiger partial charge on any atom is -0.481 e. The van der Waals surface area contributed by atoms with Gasteiger partial charge in [0, 0.05) is 19.4 Å². The molecule has 1 heterocycles. The average Bonchev–Trinajstić information content (AvgIpc) is 2.72. The number of carbonyl (C=O) groups is 3. The van der Waals surface area contributed by atoms with Crippen molar-refractivity contribution in [1.29, 1.82) is 0 Å². The summed E-state index contributed by atoms with van der Waals surface area (Å²) < 4.78 is 0. The van der Waals surface area contributed by atoms with Crippen LogP contribution in [0.5, 0.6) is 0 Å². The molecule has 1 aliphatic rings. The first-order valence-corrected chi connectivity index (χ1v) is 5.83. The third-order valence-corrected chi connectivity index (χ3v) is 2.93. The van der Waals surface area contributed by atoms with Gasteiger partial charge in [-0.25, -0.2) is 0 Å². The van der Waals surface area contributed by atoms with E-state index in [4.69, 9.17) is 10.8 Å². The Hall–Kier alpha value is -1.59. The van der Waals surface area contributed by atoms with Crippen molar-refractivity contribution in [1.82, 2.24) is 4.90 Å². The van der Waals surface area contributed by atoms with Gasteiger partial charge in [-0.15, -0.1) is 0 Å². The Labute approximate surface area is 99.8 Å². The second-order valence-corrected chi connectivity index (χ2v) is 4.25. The van der Waals surface area contributed by atoms with Crippen LogP contribution >= 0.6 is 0 Å². The molecular formula is C11H18N2O4. The molecule has 1 aliphatic heterocycles. The molecule has 2 amide bonds. The number of unbranched alkanes of at least 4 members (excludes halogenated alkanes) is 1. The minimum atomic E-state index is -0.853. The second kappa shape index (κ2) is 6.22. The molecule has 1 unspecified atom stereocenters. The van der Waals surface area contributed by atoms with Gasteiger partial charge in [0.2, 0.25) is 11.8 Å². The van der Waals surface area contributed by atoms with Crippen molar-refractivity contribution in [3.05, 3.63) is 0 Å². The summed E-state index contributed by atoms with van der Waals surface area (Å²) in [6, 6.07) is -0.470. The molecule has 1 saturated heterocycles. The molecule has 1 fully saturated rings. The number of primary amides is 1. The summed E-state index contributed by atoms with van der Waals surface area (Å²) in [6.45, 7) is 0.575. The zero-order valence-electron chi connectivity index (χ0n) is 9.72. The summed E-state index contributed by atoms with van der Waals surface area (Å²) in [4.78, 5) is 34.7. The number of aliphatic carboxylic acids is 1. The average molecular weight is 242 g/mol. The Kier molecular flexibility index (Phi) is 4.93. The third kappa shape index (κ3) is 4.05. The van der Waals surface area contributed by atoms with Gasteiger partial charge in [-0.1, -0.05) is 0 Å². The third-order valence-electron chi connectivity index (χ3n) is 2.93. The van der Waals surface area contributed by atoms with Crippen LogP contribution in [0.1, 0.15) is 38.5 Å². The summed E-state index contributed by atoms with van der Waals surface area (Å²) in [6.07, 6.45) is 2.82. The fourth-order valence-corrected chi connectivity index (χ4v) is 2.06. The van der Waals surface area contributed by atoms with Gasteiger partial charge in [0.25, 0.3) is 0 Å². The lowest BCUT2D eigenvalue weighted by Crippen LogP contribution is -2.43. The standard InChI is InChI=1S/C11H18N2O4/c12-11(17)8-4-3-7-13(8)9(14)5-1-2-6-10(15)16/h8H,1-7H2,(H2,12,17)(H,15,16). The molecule has 6 heteroatoms. The van der Waals surface area contributed by atoms with E-state index >= 15 is 0 Å². The molecule has 0 aromatic carbocycles. The number of nitrogens with two attached hydrogens (primary N) is 1. The Morgan fingerprint density at radius 2 is 1.88 bits per heavy atom. The van der Waals surface area contributed by atoms with Crippen LogP contribution in [0.2, 0.25) is 0 Å². The van der Waals surface area contributed by atoms with Crippen LogP contribution < -0.4 is 5.73 Å². The van der Waals surface area contributed by atoms with Crippen molar-refractivity contribution in [2.75, 3.05) is 6.54 Å². The lowest BCUT2D eigenvalue weighted by atomic mass is 10.1. The van der Waals surface area contributed by atoms with E-state index in [-0.39, 0.29) is 18.7 Å². The van der Waals surface area contributed by atoms with Gasteiger partial charge in [-0.2, -0.15) is 0 Å². The van der Waals surface area contributed by atoms with Gasteiger partial charge in [0.05, 0.1) is 0 Å². The summed E-state index contributed by atoms with van der Waals surface area (Å²) in [5.41, 5.74) is 5.21. The Bertz CT molecular complexity index is 317. The van der Waals surface area contributed by atoms with Crippen LogP contribution in [0.3, 0.4) is 0 Å². The number of carboxylic acids is 1. The van der Waals surface area contributed by atoms with E-state index < -0.39 is 17.9 Å². The highest BCUT2D eigenvalue weighted by atomic mass is 16.4. The van der Waals surface area contributed by atoms with Crippen molar-refractivity contribution in [3.8, 4) is 0 Å². The highest BCUT2D eigenvalue weighted by Crippen LogP contribution is 2.18. The minimum absolute atomic E-state index is 0.0759. The molecule has 0 bridgehead atoms. The number of rotatable bonds is 6. The highest BCUT2D eigenvalue weighted by Gasteiger charge is 2.31. The highest BCUT2D eigenvalue weighted by molar-refractivity contribution is 5.87. The van der Waals surface area contributed by atoms with E-state index in [2.05, 4.69) is 0 Å². The molecular weight excluding hydrogens is 224 g/mol. The van der Waals surface area contributed by atoms with Crippen LogP contribution in [0, 0.1) is 0 Å². The van der Waals surface area contributed by atoms with Crippen LogP contribution in [0.4, 0.5) is 0 Å². The van der Waals surface area contributed by atoms with Gasteiger partial charge in [-0.3, -0.25) is 14.4 Å². The molecule has 1 atom stereocenters. The maximum Gasteiger partial charge on any atom is 0.303 e. The number of nitrogens with zero attached hydrogens (tertiary/aromatic N) is 1. The van der Waals surface area contributed by atoms with Gasteiger partial charge in [-0.05, 0) is 25.7 Å². The predicted octanol–water partition coefficient (Wildman–Crippen LogP) is 0.108. The van der Waals surface area contributed by atoms with Gasteiger partial charge in [0.15, 0.2) is 0 Å². The molecule has 0 aromatic heterocycles. The van der Waals surface area contributed by atoms with Gasteiger partial charge < -0.3 is 15.7 Å². The van der Waals surface area contributed by atoms with Gasteiger partial charge in [0.1, 0.15) is 6.04 Å². The maximum atomic E-state index is 11.8. The molecule has 0 saturated carbocycles. The zero-order valence-corrected chi connectivity index (χ0v) is 9.72. The van der Waals surface area contributed by atoms with E-state index in [9.17, 15) is 14.4 Å². The summed E-state index contributed by atoms with van der Waals surface area (Å²) in [7, 11) is 0. The monoisotopic (exact) mass is 242 g/mol. The van der Waals surface area contributed by atoms with E-state index in [1.165, 1.54) is 4.90 Å². The van der Waals surface area contributed by atoms with E-state index in [0.29, 0.717) is 25.8 Å². The Morgan fingerprint density at radius 1 is 1.24 bits per heavy atom. The van der Waals surface area contributed by atoms with E-state index in [1.54, 1.807) is 0 Å². The normalized spacial score (nSPS) is 19.3. The summed E-state index contributed by atoms with van der Waals surface area (Å²) in [5.74, 6) is -1.41. The molecule has 3 N–H and O–H groups in total. The fourth-order valence-electron chi connectivity index (χ4n) is 2.06. The first kappa shape index (κ1) is 13.5. The van der Waals surface area contributed by atoms with Crippen molar-refractivity contribution in [2.45, 2.75) is 44.6 Å². The fraction of sp³-hybridized carbons (Fsp3) is 0.727. The first-order chi connectivity index (χ1) is 8.02. The quantitative estimate of drug-likeness (QED) is 0.645. The summed E-state index contributed by atoms with van der Waals surface area (Å²) >= 11 is 0.